The molecule has 0 aromatic heterocycles. The summed E-state index contributed by atoms with van der Waals surface area (Å²) in [6.07, 6.45) is -1.31. The highest BCUT2D eigenvalue weighted by Gasteiger charge is 2.20. The highest BCUT2D eigenvalue weighted by atomic mass is 16.4. The van der Waals surface area contributed by atoms with Gasteiger partial charge in [0.2, 0.25) is 11.8 Å². The van der Waals surface area contributed by atoms with Gasteiger partial charge in [-0.3, -0.25) is 14.4 Å². The molecule has 6 heteroatoms. The van der Waals surface area contributed by atoms with Crippen molar-refractivity contribution in [1.82, 2.24) is 10.6 Å². The maximum Gasteiger partial charge on any atom is 0.325 e. The molecule has 0 aliphatic carbocycles. The highest BCUT2D eigenvalue weighted by molar-refractivity contribution is 5.90. The van der Waals surface area contributed by atoms with E-state index in [0.29, 0.717) is 10.9 Å². The van der Waals surface area contributed by atoms with Crippen LogP contribution in [-0.4, -0.2) is 35.0 Å². The minimum absolute atomic E-state index is 0.397. The van der Waals surface area contributed by atoms with E-state index in [4.69, 9.17) is 7.89 Å². The average molecular weight is 280 g/mol. The zero-order chi connectivity index (χ0) is 16.9. The topological polar surface area (TPSA) is 95.5 Å². The molecule has 0 aliphatic rings. The summed E-state index contributed by atoms with van der Waals surface area (Å²) in [4.78, 5) is 34.6. The van der Waals surface area contributed by atoms with Crippen LogP contribution in [0.3, 0.4) is 0 Å². The second kappa shape index (κ2) is 7.28. The van der Waals surface area contributed by atoms with Crippen LogP contribution in [0.15, 0.2) is 30.3 Å². The number of benzene rings is 1. The molecule has 1 rings (SSSR count). The molecular formula is C14H18N2O4. The average Bonchev–Trinajstić information content (AvgIpc) is 2.52. The van der Waals surface area contributed by atoms with Crippen molar-refractivity contribution in [3.63, 3.8) is 0 Å². The Morgan fingerprint density at radius 2 is 1.85 bits per heavy atom. The third kappa shape index (κ3) is 5.09. The first kappa shape index (κ1) is 12.7. The van der Waals surface area contributed by atoms with Gasteiger partial charge in [-0.1, -0.05) is 30.3 Å². The number of carboxylic acid groups (broad SMARTS) is 1. The molecule has 0 heterocycles. The second-order valence-corrected chi connectivity index (χ2v) is 4.27. The predicted molar refractivity (Wildman–Crippen MR) is 73.0 cm³/mol. The fraction of sp³-hybridized carbons (Fsp3) is 0.357. The van der Waals surface area contributed by atoms with Crippen molar-refractivity contribution >= 4 is 17.8 Å². The predicted octanol–water partition coefficient (Wildman–Crippen LogP) is 0.323. The maximum atomic E-state index is 12.1. The fourth-order valence-electron chi connectivity index (χ4n) is 1.37. The number of rotatable bonds is 6. The number of amides is 2. The van der Waals surface area contributed by atoms with E-state index in [0.717, 1.165) is 0 Å². The number of carbonyl (C=O) groups is 3. The summed E-state index contributed by atoms with van der Waals surface area (Å²) in [6, 6.07) is 5.92. The van der Waals surface area contributed by atoms with Crippen molar-refractivity contribution in [3.8, 4) is 0 Å². The van der Waals surface area contributed by atoms with Crippen molar-refractivity contribution in [1.29, 1.82) is 0 Å². The molecular weight excluding hydrogens is 260 g/mol. The third-order valence-electron chi connectivity index (χ3n) is 2.52. The van der Waals surface area contributed by atoms with E-state index in [1.807, 2.05) is 0 Å². The molecule has 0 aliphatic heterocycles. The maximum absolute atomic E-state index is 12.1. The first-order valence-corrected chi connectivity index (χ1v) is 6.08. The summed E-state index contributed by atoms with van der Waals surface area (Å²) >= 11 is 0. The van der Waals surface area contributed by atoms with Crippen molar-refractivity contribution in [2.45, 2.75) is 32.3 Å². The number of hydrogen-bond donors (Lipinski definition) is 3. The van der Waals surface area contributed by atoms with Crippen molar-refractivity contribution < 1.29 is 22.3 Å². The molecule has 1 unspecified atom stereocenters. The van der Waals surface area contributed by atoms with Gasteiger partial charge in [0, 0.05) is 1.37 Å². The first-order chi connectivity index (χ1) is 10.3. The van der Waals surface area contributed by atoms with Crippen molar-refractivity contribution in [3.05, 3.63) is 35.9 Å². The van der Waals surface area contributed by atoms with Crippen LogP contribution in [0.25, 0.3) is 0 Å². The quantitative estimate of drug-likeness (QED) is 0.699. The molecule has 0 saturated heterocycles. The van der Waals surface area contributed by atoms with Gasteiger partial charge in [0.05, 0.1) is 6.40 Å². The Bertz CT molecular complexity index is 553. The largest absolute Gasteiger partial charge is 0.480 e. The minimum atomic E-state index is -1.31. The molecule has 1 aromatic carbocycles. The summed E-state index contributed by atoms with van der Waals surface area (Å²) in [5.74, 6) is -2.85. The minimum Gasteiger partial charge on any atom is -0.480 e. The van der Waals surface area contributed by atoms with E-state index < -0.39 is 36.3 Å². The summed E-state index contributed by atoms with van der Waals surface area (Å²) in [6.45, 7) is 2.58. The van der Waals surface area contributed by atoms with Gasteiger partial charge in [0.15, 0.2) is 1.41 Å². The lowest BCUT2D eigenvalue weighted by Gasteiger charge is -2.16. The first-order valence-electron chi connectivity index (χ1n) is 7.10. The third-order valence-corrected chi connectivity index (χ3v) is 2.52. The van der Waals surface area contributed by atoms with Crippen molar-refractivity contribution in [2.75, 3.05) is 0 Å². The monoisotopic (exact) mass is 280 g/mol. The molecule has 2 amide bonds. The fourth-order valence-corrected chi connectivity index (χ4v) is 1.37. The Morgan fingerprint density at radius 3 is 2.40 bits per heavy atom. The molecule has 0 spiro atoms. The van der Waals surface area contributed by atoms with Gasteiger partial charge in [-0.2, -0.15) is 0 Å². The highest BCUT2D eigenvalue weighted by Crippen LogP contribution is 1.99. The van der Waals surface area contributed by atoms with Crippen LogP contribution < -0.4 is 10.6 Å². The molecule has 3 N–H and O–H groups in total. The molecule has 6 nitrogen and oxygen atoms in total. The Morgan fingerprint density at radius 1 is 1.25 bits per heavy atom. The Hall–Kier alpha value is -2.37. The van der Waals surface area contributed by atoms with Crippen LogP contribution in [-0.2, 0) is 20.8 Å². The standard InChI is InChI=1S/C14H18N2O4/c1-9(13(18)16-10(2)14(19)20)15-12(17)8-11-6-4-3-5-7-11/h3-7,9-10H,8H2,1-2H3,(H,15,17)(H,16,18)(H,19,20)/t9-,10-/m0/s1/i8D/hD/t8?,9-,10-. The van der Waals surface area contributed by atoms with E-state index in [-0.39, 0.29) is 0 Å². The molecule has 0 radical (unpaired) electrons. The van der Waals surface area contributed by atoms with Crippen LogP contribution in [0.5, 0.6) is 0 Å². The van der Waals surface area contributed by atoms with E-state index in [1.165, 1.54) is 13.8 Å². The van der Waals surface area contributed by atoms with E-state index >= 15 is 0 Å². The van der Waals surface area contributed by atoms with Gasteiger partial charge in [-0.15, -0.1) is 0 Å². The van der Waals surface area contributed by atoms with Crippen LogP contribution in [0.4, 0.5) is 0 Å². The van der Waals surface area contributed by atoms with Crippen LogP contribution in [0.1, 0.15) is 20.8 Å². The lowest BCUT2D eigenvalue weighted by Crippen LogP contribution is -2.49. The Kier molecular flexibility index (Phi) is 4.60. The molecule has 0 bridgehead atoms. The number of carbonyl (C=O) groups excluding carboxylic acids is 2. The van der Waals surface area contributed by atoms with Gasteiger partial charge in [-0.25, -0.2) is 0 Å². The summed E-state index contributed by atoms with van der Waals surface area (Å²) in [5.41, 5.74) is 0.413. The van der Waals surface area contributed by atoms with Gasteiger partial charge in [-0.05, 0) is 19.4 Å². The summed E-state index contributed by atoms with van der Waals surface area (Å²) in [7, 11) is 0. The SMILES string of the molecule is [2H]C(C(=O)N([2H])[C@@H](C)C(=O)N[C@@H](C)C(=O)O)c1ccccc1. The lowest BCUT2D eigenvalue weighted by molar-refractivity contribution is -0.141. The zero-order valence-electron chi connectivity index (χ0n) is 13.2. The van der Waals surface area contributed by atoms with Gasteiger partial charge in [0.25, 0.3) is 0 Å². The van der Waals surface area contributed by atoms with E-state index in [2.05, 4.69) is 5.32 Å². The second-order valence-electron chi connectivity index (χ2n) is 4.27. The number of hydrogen-bond acceptors (Lipinski definition) is 3. The number of carboxylic acids is 1. The van der Waals surface area contributed by atoms with E-state index in [9.17, 15) is 14.4 Å². The molecule has 0 fully saturated rings. The van der Waals surface area contributed by atoms with Crippen LogP contribution >= 0.6 is 0 Å². The molecule has 20 heavy (non-hydrogen) atoms. The summed E-state index contributed by atoms with van der Waals surface area (Å²) < 4.78 is 15.6. The number of nitrogens with one attached hydrogen (secondary N) is 2. The molecule has 108 valence electrons. The van der Waals surface area contributed by atoms with Gasteiger partial charge < -0.3 is 15.7 Å². The molecule has 3 atom stereocenters. The van der Waals surface area contributed by atoms with Crippen LogP contribution in [0.2, 0.25) is 1.41 Å². The van der Waals surface area contributed by atoms with Crippen LogP contribution in [0, 0.1) is 0 Å². The lowest BCUT2D eigenvalue weighted by atomic mass is 10.1. The van der Waals surface area contributed by atoms with Crippen molar-refractivity contribution in [2.24, 2.45) is 0 Å². The zero-order valence-corrected chi connectivity index (χ0v) is 11.2. The van der Waals surface area contributed by atoms with Gasteiger partial charge in [0.1, 0.15) is 12.1 Å². The molecule has 0 saturated carbocycles. The number of aliphatic carboxylic acids is 1. The van der Waals surface area contributed by atoms with E-state index in [1.54, 1.807) is 30.3 Å². The molecule has 1 aromatic rings. The normalized spacial score (nSPS) is 16.1. The van der Waals surface area contributed by atoms with Gasteiger partial charge >= 0.3 is 5.97 Å². The summed E-state index contributed by atoms with van der Waals surface area (Å²) in [5, 5.41) is 11.3. The smallest absolute Gasteiger partial charge is 0.325 e. The Labute approximate surface area is 120 Å². The Balaban J connectivity index is 2.73.